The average molecular weight is 260 g/mol. The van der Waals surface area contributed by atoms with E-state index in [9.17, 15) is 0 Å². The van der Waals surface area contributed by atoms with Crippen LogP contribution in [0, 0.1) is 0 Å². The monoisotopic (exact) mass is 260 g/mol. The van der Waals surface area contributed by atoms with Gasteiger partial charge in [-0.05, 0) is 30.5 Å². The minimum Gasteiger partial charge on any atom is -0.493 e. The fourth-order valence-corrected chi connectivity index (χ4v) is 1.90. The summed E-state index contributed by atoms with van der Waals surface area (Å²) in [7, 11) is 1.67. The number of ether oxygens (including phenoxy) is 2. The number of hydrogen-bond donors (Lipinski definition) is 0. The van der Waals surface area contributed by atoms with Crippen molar-refractivity contribution in [2.24, 2.45) is 0 Å². The Kier molecular flexibility index (Phi) is 4.84. The van der Waals surface area contributed by atoms with Crippen molar-refractivity contribution >= 4 is 0 Å². The molecule has 1 aromatic carbocycles. The van der Waals surface area contributed by atoms with Crippen molar-refractivity contribution in [3.05, 3.63) is 42.5 Å². The van der Waals surface area contributed by atoms with Crippen LogP contribution >= 0.6 is 0 Å². The van der Waals surface area contributed by atoms with Gasteiger partial charge in [-0.1, -0.05) is 13.0 Å². The molecule has 0 fully saturated rings. The highest BCUT2D eigenvalue weighted by atomic mass is 16.5. The van der Waals surface area contributed by atoms with E-state index in [1.165, 1.54) is 5.56 Å². The molecule has 0 aliphatic carbocycles. The van der Waals surface area contributed by atoms with Crippen molar-refractivity contribution in [1.29, 1.82) is 0 Å². The molecule has 4 heteroatoms. The van der Waals surface area contributed by atoms with E-state index >= 15 is 0 Å². The highest BCUT2D eigenvalue weighted by molar-refractivity contribution is 5.42. The molecular weight excluding hydrogens is 240 g/mol. The molecule has 0 radical (unpaired) electrons. The highest BCUT2D eigenvalue weighted by Crippen LogP contribution is 2.28. The maximum Gasteiger partial charge on any atom is 0.161 e. The highest BCUT2D eigenvalue weighted by Gasteiger charge is 2.04. The van der Waals surface area contributed by atoms with E-state index in [1.54, 1.807) is 13.3 Å². The molecule has 0 unspecified atom stereocenters. The van der Waals surface area contributed by atoms with Crippen molar-refractivity contribution < 1.29 is 9.47 Å². The van der Waals surface area contributed by atoms with Crippen LogP contribution in [-0.4, -0.2) is 23.3 Å². The molecule has 0 aliphatic rings. The Morgan fingerprint density at radius 3 is 2.84 bits per heavy atom. The minimum atomic E-state index is 0.667. The van der Waals surface area contributed by atoms with Crippen LogP contribution in [0.3, 0.4) is 0 Å². The predicted octanol–water partition coefficient (Wildman–Crippen LogP) is 2.92. The van der Waals surface area contributed by atoms with Crippen molar-refractivity contribution in [1.82, 2.24) is 9.55 Å². The molecule has 0 N–H and O–H groups in total. The first kappa shape index (κ1) is 13.5. The van der Waals surface area contributed by atoms with Gasteiger partial charge in [0.1, 0.15) is 0 Å². The second-order valence-corrected chi connectivity index (χ2v) is 4.34. The summed E-state index contributed by atoms with van der Waals surface area (Å²) in [6.07, 6.45) is 7.49. The molecule has 0 spiro atoms. The molecule has 1 aromatic heterocycles. The fraction of sp³-hybridized carbons (Fsp3) is 0.400. The van der Waals surface area contributed by atoms with Gasteiger partial charge in [0.25, 0.3) is 0 Å². The SMILES string of the molecule is CCc1ccc(OCCCn2ccnc2)c(OC)c1. The molecule has 19 heavy (non-hydrogen) atoms. The zero-order chi connectivity index (χ0) is 13.5. The lowest BCUT2D eigenvalue weighted by Gasteiger charge is -2.12. The molecule has 0 aliphatic heterocycles. The van der Waals surface area contributed by atoms with E-state index in [2.05, 4.69) is 18.0 Å². The predicted molar refractivity (Wildman–Crippen MR) is 74.7 cm³/mol. The first-order chi connectivity index (χ1) is 9.33. The quantitative estimate of drug-likeness (QED) is 0.718. The molecule has 0 amide bonds. The summed E-state index contributed by atoms with van der Waals surface area (Å²) in [5.41, 5.74) is 1.25. The van der Waals surface area contributed by atoms with Crippen LogP contribution in [0.2, 0.25) is 0 Å². The maximum atomic E-state index is 5.77. The van der Waals surface area contributed by atoms with E-state index in [1.807, 2.05) is 29.2 Å². The zero-order valence-electron chi connectivity index (χ0n) is 11.5. The van der Waals surface area contributed by atoms with Gasteiger partial charge >= 0.3 is 0 Å². The number of aromatic nitrogens is 2. The number of benzene rings is 1. The van der Waals surface area contributed by atoms with E-state index < -0.39 is 0 Å². The van der Waals surface area contributed by atoms with Crippen LogP contribution in [0.25, 0.3) is 0 Å². The van der Waals surface area contributed by atoms with E-state index in [0.717, 1.165) is 30.9 Å². The third kappa shape index (κ3) is 3.74. The molecule has 0 atom stereocenters. The zero-order valence-corrected chi connectivity index (χ0v) is 11.5. The summed E-state index contributed by atoms with van der Waals surface area (Å²) in [6.45, 7) is 3.70. The third-order valence-electron chi connectivity index (χ3n) is 3.01. The molecule has 1 heterocycles. The molecule has 102 valence electrons. The van der Waals surface area contributed by atoms with Crippen LogP contribution < -0.4 is 9.47 Å². The van der Waals surface area contributed by atoms with Crippen molar-refractivity contribution in [3.8, 4) is 11.5 Å². The Morgan fingerprint density at radius 2 is 2.16 bits per heavy atom. The number of rotatable bonds is 7. The van der Waals surface area contributed by atoms with Crippen LogP contribution in [0.5, 0.6) is 11.5 Å². The van der Waals surface area contributed by atoms with Crippen molar-refractivity contribution in [3.63, 3.8) is 0 Å². The lowest BCUT2D eigenvalue weighted by Crippen LogP contribution is -2.04. The van der Waals surface area contributed by atoms with Gasteiger partial charge in [0.2, 0.25) is 0 Å². The number of aryl methyl sites for hydroxylation is 2. The smallest absolute Gasteiger partial charge is 0.161 e. The van der Waals surface area contributed by atoms with Gasteiger partial charge in [-0.3, -0.25) is 0 Å². The van der Waals surface area contributed by atoms with Crippen LogP contribution in [-0.2, 0) is 13.0 Å². The van der Waals surface area contributed by atoms with Gasteiger partial charge in [0, 0.05) is 18.9 Å². The second kappa shape index (κ2) is 6.83. The van der Waals surface area contributed by atoms with E-state index in [0.29, 0.717) is 6.61 Å². The standard InChI is InChI=1S/C15H20N2O2/c1-3-13-5-6-14(15(11-13)18-2)19-10-4-8-17-9-7-16-12-17/h5-7,9,11-12H,3-4,8,10H2,1-2H3. The first-order valence-electron chi connectivity index (χ1n) is 6.59. The van der Waals surface area contributed by atoms with Crippen molar-refractivity contribution in [2.45, 2.75) is 26.3 Å². The summed E-state index contributed by atoms with van der Waals surface area (Å²) in [5.74, 6) is 1.62. The lowest BCUT2D eigenvalue weighted by molar-refractivity contribution is 0.282. The molecule has 2 rings (SSSR count). The van der Waals surface area contributed by atoms with E-state index in [4.69, 9.17) is 9.47 Å². The number of nitrogens with zero attached hydrogens (tertiary/aromatic N) is 2. The van der Waals surface area contributed by atoms with Gasteiger partial charge in [-0.2, -0.15) is 0 Å². The molecule has 0 saturated carbocycles. The summed E-state index contributed by atoms with van der Waals surface area (Å²) in [4.78, 5) is 4.01. The Balaban J connectivity index is 1.85. The van der Waals surface area contributed by atoms with Gasteiger partial charge in [-0.25, -0.2) is 4.98 Å². The molecule has 2 aromatic rings. The van der Waals surface area contributed by atoms with Crippen LogP contribution in [0.4, 0.5) is 0 Å². The topological polar surface area (TPSA) is 36.3 Å². The largest absolute Gasteiger partial charge is 0.493 e. The lowest BCUT2D eigenvalue weighted by atomic mass is 10.1. The van der Waals surface area contributed by atoms with Gasteiger partial charge in [0.05, 0.1) is 20.0 Å². The second-order valence-electron chi connectivity index (χ2n) is 4.34. The summed E-state index contributed by atoms with van der Waals surface area (Å²) in [6, 6.07) is 6.09. The first-order valence-corrected chi connectivity index (χ1v) is 6.59. The molecule has 0 bridgehead atoms. The van der Waals surface area contributed by atoms with Gasteiger partial charge in [0.15, 0.2) is 11.5 Å². The Hall–Kier alpha value is -1.97. The Morgan fingerprint density at radius 1 is 1.26 bits per heavy atom. The van der Waals surface area contributed by atoms with Gasteiger partial charge in [-0.15, -0.1) is 0 Å². The van der Waals surface area contributed by atoms with Crippen LogP contribution in [0.15, 0.2) is 36.9 Å². The maximum absolute atomic E-state index is 5.77. The third-order valence-corrected chi connectivity index (χ3v) is 3.01. The molecular formula is C15H20N2O2. The summed E-state index contributed by atoms with van der Waals surface area (Å²) >= 11 is 0. The fourth-order valence-electron chi connectivity index (χ4n) is 1.90. The van der Waals surface area contributed by atoms with Crippen LogP contribution in [0.1, 0.15) is 18.9 Å². The molecule has 4 nitrogen and oxygen atoms in total. The summed E-state index contributed by atoms with van der Waals surface area (Å²) in [5, 5.41) is 0. The minimum absolute atomic E-state index is 0.667. The van der Waals surface area contributed by atoms with Crippen molar-refractivity contribution in [2.75, 3.05) is 13.7 Å². The van der Waals surface area contributed by atoms with E-state index in [-0.39, 0.29) is 0 Å². The average Bonchev–Trinajstić information content (AvgIpc) is 2.96. The molecule has 0 saturated heterocycles. The number of hydrogen-bond acceptors (Lipinski definition) is 3. The normalized spacial score (nSPS) is 10.4. The number of imidazole rings is 1. The summed E-state index contributed by atoms with van der Waals surface area (Å²) < 4.78 is 13.2. The Bertz CT molecular complexity index is 495. The van der Waals surface area contributed by atoms with Gasteiger partial charge < -0.3 is 14.0 Å². The Labute approximate surface area is 114 Å². The number of methoxy groups -OCH3 is 1.